The molecule has 1 heterocycles. The topological polar surface area (TPSA) is 147 Å². The minimum Gasteiger partial charge on any atom is -0.462 e. The molecule has 0 amide bonds. The summed E-state index contributed by atoms with van der Waals surface area (Å²) in [7, 11) is -4.38. The fourth-order valence-corrected chi connectivity index (χ4v) is 6.40. The van der Waals surface area contributed by atoms with Gasteiger partial charge < -0.3 is 24.8 Å². The van der Waals surface area contributed by atoms with Gasteiger partial charge in [0.1, 0.15) is 6.61 Å². The number of carbonyl (C=O) groups is 2. The van der Waals surface area contributed by atoms with E-state index in [1.54, 1.807) is 0 Å². The van der Waals surface area contributed by atoms with Crippen LogP contribution in [0.15, 0.2) is 24.3 Å². The summed E-state index contributed by atoms with van der Waals surface area (Å²) in [4.78, 5) is 34.8. The summed E-state index contributed by atoms with van der Waals surface area (Å²) >= 11 is 0. The number of allylic oxidation sites excluding steroid dienone is 3. The van der Waals surface area contributed by atoms with Gasteiger partial charge in [-0.1, -0.05) is 115 Å². The molecule has 292 valence electrons. The van der Waals surface area contributed by atoms with E-state index in [1.165, 1.54) is 51.4 Å². The van der Waals surface area contributed by atoms with Gasteiger partial charge in [0.15, 0.2) is 6.10 Å². The second-order valence-corrected chi connectivity index (χ2v) is 15.0. The summed E-state index contributed by atoms with van der Waals surface area (Å²) in [5.41, 5.74) is 5.33. The highest BCUT2D eigenvalue weighted by atomic mass is 31.2. The molecule has 50 heavy (non-hydrogen) atoms. The first-order chi connectivity index (χ1) is 24.3. The van der Waals surface area contributed by atoms with E-state index < -0.39 is 32.5 Å². The zero-order valence-electron chi connectivity index (χ0n) is 31.6. The third-order valence-corrected chi connectivity index (χ3v) is 9.72. The van der Waals surface area contributed by atoms with E-state index in [0.29, 0.717) is 18.6 Å². The van der Waals surface area contributed by atoms with E-state index in [4.69, 9.17) is 29.0 Å². The molecule has 1 fully saturated rings. The Labute approximate surface area is 304 Å². The van der Waals surface area contributed by atoms with E-state index in [0.717, 1.165) is 83.5 Å². The van der Waals surface area contributed by atoms with Crippen molar-refractivity contribution in [3.05, 3.63) is 24.3 Å². The summed E-state index contributed by atoms with van der Waals surface area (Å²) < 4.78 is 38.5. The highest BCUT2D eigenvalue weighted by Gasteiger charge is 2.36. The Balaban J connectivity index is 2.22. The van der Waals surface area contributed by atoms with Crippen LogP contribution in [0.5, 0.6) is 0 Å². The molecule has 1 rings (SSSR count). The number of hydrogen-bond donors (Lipinski definition) is 2. The fourth-order valence-electron chi connectivity index (χ4n) is 5.63. The number of phosphoric ester groups is 1. The number of epoxide rings is 1. The molecule has 0 radical (unpaired) electrons. The Morgan fingerprint density at radius 3 is 1.90 bits per heavy atom. The molecule has 3 unspecified atom stereocenters. The Hall–Kier alpha value is -1.55. The van der Waals surface area contributed by atoms with Crippen LogP contribution in [0.4, 0.5) is 0 Å². The monoisotopic (exact) mass is 729 g/mol. The summed E-state index contributed by atoms with van der Waals surface area (Å²) in [6.45, 7) is 3.64. The number of rotatable bonds is 36. The molecule has 4 atom stereocenters. The van der Waals surface area contributed by atoms with Gasteiger partial charge in [0, 0.05) is 19.4 Å². The number of phosphoric acid groups is 1. The van der Waals surface area contributed by atoms with Gasteiger partial charge in [-0.25, -0.2) is 4.57 Å². The molecule has 0 spiro atoms. The third-order valence-electron chi connectivity index (χ3n) is 8.73. The number of hydrogen-bond acceptors (Lipinski definition) is 9. The highest BCUT2D eigenvalue weighted by Crippen LogP contribution is 2.43. The molecular weight excluding hydrogens is 657 g/mol. The molecule has 0 aromatic heterocycles. The summed E-state index contributed by atoms with van der Waals surface area (Å²) in [5, 5.41) is 0. The van der Waals surface area contributed by atoms with Gasteiger partial charge in [-0.3, -0.25) is 18.6 Å². The van der Waals surface area contributed by atoms with Gasteiger partial charge in [0.25, 0.3) is 0 Å². The molecule has 1 aliphatic rings. The smallest absolute Gasteiger partial charge is 0.462 e. The van der Waals surface area contributed by atoms with Crippen LogP contribution in [0.25, 0.3) is 0 Å². The first-order valence-electron chi connectivity index (χ1n) is 19.9. The molecular formula is C39H72NO9P. The molecule has 1 saturated heterocycles. The van der Waals surface area contributed by atoms with Crippen LogP contribution < -0.4 is 5.73 Å². The number of unbranched alkanes of at least 4 members (excludes halogenated alkanes) is 16. The maximum absolute atomic E-state index is 12.6. The maximum atomic E-state index is 12.6. The molecule has 1 aliphatic heterocycles. The van der Waals surface area contributed by atoms with Gasteiger partial charge >= 0.3 is 19.8 Å². The van der Waals surface area contributed by atoms with Gasteiger partial charge in [0.05, 0.1) is 25.4 Å². The predicted octanol–water partition coefficient (Wildman–Crippen LogP) is 9.82. The van der Waals surface area contributed by atoms with Crippen molar-refractivity contribution in [1.82, 2.24) is 0 Å². The maximum Gasteiger partial charge on any atom is 0.472 e. The number of esters is 2. The molecule has 10 nitrogen and oxygen atoms in total. The van der Waals surface area contributed by atoms with Crippen LogP contribution in [0.3, 0.4) is 0 Å². The molecule has 0 saturated carbocycles. The van der Waals surface area contributed by atoms with Crippen LogP contribution >= 0.6 is 7.82 Å². The first kappa shape index (κ1) is 46.5. The van der Waals surface area contributed by atoms with Gasteiger partial charge in [-0.2, -0.15) is 0 Å². The zero-order chi connectivity index (χ0) is 36.5. The summed E-state index contributed by atoms with van der Waals surface area (Å²) in [6, 6.07) is 0. The molecule has 11 heteroatoms. The lowest BCUT2D eigenvalue weighted by molar-refractivity contribution is -0.161. The Morgan fingerprint density at radius 2 is 1.24 bits per heavy atom. The van der Waals surface area contributed by atoms with Crippen molar-refractivity contribution < 1.29 is 42.3 Å². The first-order valence-corrected chi connectivity index (χ1v) is 21.4. The minimum atomic E-state index is -4.38. The van der Waals surface area contributed by atoms with Crippen LogP contribution in [-0.2, 0) is 37.4 Å². The van der Waals surface area contributed by atoms with Crippen molar-refractivity contribution in [1.29, 1.82) is 0 Å². The van der Waals surface area contributed by atoms with Crippen molar-refractivity contribution in [3.63, 3.8) is 0 Å². The molecule has 0 aromatic rings. The van der Waals surface area contributed by atoms with Gasteiger partial charge in [-0.15, -0.1) is 0 Å². The minimum absolute atomic E-state index is 0.0475. The van der Waals surface area contributed by atoms with Gasteiger partial charge in [-0.05, 0) is 64.2 Å². The Kier molecular flexibility index (Phi) is 29.9. The molecule has 0 bridgehead atoms. The van der Waals surface area contributed by atoms with Crippen LogP contribution in [0.2, 0.25) is 0 Å². The van der Waals surface area contributed by atoms with Crippen LogP contribution in [-0.4, -0.2) is 61.5 Å². The van der Waals surface area contributed by atoms with Crippen molar-refractivity contribution >= 4 is 19.8 Å². The number of carbonyl (C=O) groups excluding carboxylic acids is 2. The van der Waals surface area contributed by atoms with Crippen LogP contribution in [0, 0.1) is 0 Å². The number of ether oxygens (including phenoxy) is 3. The molecule has 0 aromatic carbocycles. The lowest BCUT2D eigenvalue weighted by Crippen LogP contribution is -2.29. The van der Waals surface area contributed by atoms with E-state index in [2.05, 4.69) is 38.2 Å². The van der Waals surface area contributed by atoms with Crippen molar-refractivity contribution in [2.45, 2.75) is 186 Å². The Bertz CT molecular complexity index is 945. The predicted molar refractivity (Wildman–Crippen MR) is 201 cm³/mol. The lowest BCUT2D eigenvalue weighted by Gasteiger charge is -2.19. The number of nitrogens with two attached hydrogens (primary N) is 1. The highest BCUT2D eigenvalue weighted by molar-refractivity contribution is 7.47. The summed E-state index contributed by atoms with van der Waals surface area (Å²) in [6.07, 6.45) is 33.7. The van der Waals surface area contributed by atoms with E-state index in [1.807, 2.05) is 0 Å². The average molecular weight is 730 g/mol. The van der Waals surface area contributed by atoms with Gasteiger partial charge in [0.2, 0.25) is 0 Å². The quantitative estimate of drug-likeness (QED) is 0.0210. The summed E-state index contributed by atoms with van der Waals surface area (Å²) in [5.74, 6) is -0.862. The third kappa shape index (κ3) is 29.1. The zero-order valence-corrected chi connectivity index (χ0v) is 32.5. The molecule has 0 aliphatic carbocycles. The van der Waals surface area contributed by atoms with Crippen LogP contribution in [0.1, 0.15) is 168 Å². The van der Waals surface area contributed by atoms with Crippen molar-refractivity contribution in [2.75, 3.05) is 26.4 Å². The SMILES string of the molecule is CCCCC/C=C\CC1OC1CCCCCCCC(=O)O[C@H](COC(=O)CCCCCCC/C=C\CCCCCC)COP(=O)(O)OCCN. The second kappa shape index (κ2) is 32.1. The largest absolute Gasteiger partial charge is 0.472 e. The van der Waals surface area contributed by atoms with Crippen molar-refractivity contribution in [2.24, 2.45) is 5.73 Å². The Morgan fingerprint density at radius 1 is 0.700 bits per heavy atom. The van der Waals surface area contributed by atoms with E-state index in [-0.39, 0.29) is 32.6 Å². The normalized spacial score (nSPS) is 17.7. The van der Waals surface area contributed by atoms with Crippen molar-refractivity contribution in [3.8, 4) is 0 Å². The molecule has 3 N–H and O–H groups in total. The average Bonchev–Trinajstić information content (AvgIpc) is 3.86. The standard InChI is InChI=1S/C39H72NO9P/c1-3-5-7-9-11-12-13-14-15-16-17-21-25-29-38(41)45-33-35(34-47-50(43,44)46-32-31-40)48-39(42)30-26-22-18-20-24-28-37-36(49-37)27-23-19-10-8-6-4-2/h12-13,19,23,35-37H,3-11,14-18,20-22,24-34,40H2,1-2H3,(H,43,44)/b13-12-,23-19-/t35-,36?,37?/m1/s1. The fraction of sp³-hybridized carbons (Fsp3) is 0.846. The second-order valence-electron chi connectivity index (χ2n) is 13.5. The lowest BCUT2D eigenvalue weighted by atomic mass is 10.1. The van der Waals surface area contributed by atoms with E-state index in [9.17, 15) is 19.0 Å². The van der Waals surface area contributed by atoms with E-state index >= 15 is 0 Å².